The second-order valence-corrected chi connectivity index (χ2v) is 4.38. The van der Waals surface area contributed by atoms with E-state index in [1.807, 2.05) is 0 Å². The molecule has 1 atom stereocenters. The summed E-state index contributed by atoms with van der Waals surface area (Å²) in [5.41, 5.74) is 0.0158. The number of hydrogen-bond donors (Lipinski definition) is 2. The van der Waals surface area contributed by atoms with E-state index in [-0.39, 0.29) is 36.0 Å². The number of amides is 2. The molecule has 106 valence electrons. The van der Waals surface area contributed by atoms with E-state index in [1.54, 1.807) is 0 Å². The Morgan fingerprint density at radius 1 is 1.45 bits per heavy atom. The van der Waals surface area contributed by atoms with E-state index in [9.17, 15) is 18.8 Å². The standard InChI is InChI=1S/C13H13FN2O4/c1-20-13(19)9-5-8(2-3-10(9)14)16-12(18)7-4-11(17)15-6-7/h2-3,5,7H,4,6H2,1H3,(H,15,17)(H,16,18). The van der Waals surface area contributed by atoms with Gasteiger partial charge in [0, 0.05) is 18.7 Å². The molecule has 0 aliphatic carbocycles. The fraction of sp³-hybridized carbons (Fsp3) is 0.308. The number of rotatable bonds is 3. The molecule has 7 heteroatoms. The highest BCUT2D eigenvalue weighted by Crippen LogP contribution is 2.18. The van der Waals surface area contributed by atoms with Crippen LogP contribution in [-0.2, 0) is 14.3 Å². The summed E-state index contributed by atoms with van der Waals surface area (Å²) in [6.07, 6.45) is 0.122. The quantitative estimate of drug-likeness (QED) is 0.798. The van der Waals surface area contributed by atoms with Gasteiger partial charge in [0.1, 0.15) is 5.82 Å². The molecule has 1 heterocycles. The monoisotopic (exact) mass is 280 g/mol. The Hall–Kier alpha value is -2.44. The van der Waals surface area contributed by atoms with E-state index in [2.05, 4.69) is 15.4 Å². The Labute approximate surface area is 114 Å². The zero-order valence-corrected chi connectivity index (χ0v) is 10.7. The second kappa shape index (κ2) is 5.68. The fourth-order valence-corrected chi connectivity index (χ4v) is 1.90. The summed E-state index contributed by atoms with van der Waals surface area (Å²) >= 11 is 0. The number of anilines is 1. The molecule has 0 aromatic heterocycles. The lowest BCUT2D eigenvalue weighted by molar-refractivity contribution is -0.123. The van der Waals surface area contributed by atoms with Gasteiger partial charge in [-0.3, -0.25) is 9.59 Å². The highest BCUT2D eigenvalue weighted by Gasteiger charge is 2.28. The van der Waals surface area contributed by atoms with Gasteiger partial charge < -0.3 is 15.4 Å². The number of halogens is 1. The first-order chi connectivity index (χ1) is 9.51. The lowest BCUT2D eigenvalue weighted by Crippen LogP contribution is -2.24. The molecule has 0 bridgehead atoms. The van der Waals surface area contributed by atoms with E-state index in [4.69, 9.17) is 0 Å². The third-order valence-corrected chi connectivity index (χ3v) is 2.99. The van der Waals surface area contributed by atoms with Crippen LogP contribution in [0.2, 0.25) is 0 Å². The number of carbonyl (C=O) groups excluding carboxylic acids is 3. The Bertz CT molecular complexity index is 573. The van der Waals surface area contributed by atoms with E-state index in [1.165, 1.54) is 12.1 Å². The molecule has 0 saturated carbocycles. The molecule has 1 saturated heterocycles. The lowest BCUT2D eigenvalue weighted by atomic mass is 10.1. The Morgan fingerprint density at radius 3 is 2.80 bits per heavy atom. The van der Waals surface area contributed by atoms with Crippen molar-refractivity contribution in [3.8, 4) is 0 Å². The predicted octanol–water partition coefficient (Wildman–Crippen LogP) is 0.687. The van der Waals surface area contributed by atoms with Gasteiger partial charge in [0.25, 0.3) is 0 Å². The van der Waals surface area contributed by atoms with Crippen LogP contribution in [0, 0.1) is 11.7 Å². The molecule has 0 spiro atoms. The molecule has 1 aliphatic heterocycles. The van der Waals surface area contributed by atoms with E-state index >= 15 is 0 Å². The van der Waals surface area contributed by atoms with Gasteiger partial charge in [-0.25, -0.2) is 9.18 Å². The van der Waals surface area contributed by atoms with Crippen molar-refractivity contribution in [2.24, 2.45) is 5.92 Å². The van der Waals surface area contributed by atoms with Crippen LogP contribution in [0.15, 0.2) is 18.2 Å². The van der Waals surface area contributed by atoms with Crippen LogP contribution in [0.5, 0.6) is 0 Å². The molecule has 6 nitrogen and oxygen atoms in total. The molecule has 1 fully saturated rings. The molecule has 2 N–H and O–H groups in total. The SMILES string of the molecule is COC(=O)c1cc(NC(=O)C2CNC(=O)C2)ccc1F. The number of ether oxygens (including phenoxy) is 1. The van der Waals surface area contributed by atoms with Crippen LogP contribution < -0.4 is 10.6 Å². The average Bonchev–Trinajstić information content (AvgIpc) is 2.87. The van der Waals surface area contributed by atoms with Crippen LogP contribution in [0.4, 0.5) is 10.1 Å². The Morgan fingerprint density at radius 2 is 2.20 bits per heavy atom. The number of hydrogen-bond acceptors (Lipinski definition) is 4. The van der Waals surface area contributed by atoms with Gasteiger partial charge in [-0.15, -0.1) is 0 Å². The maximum Gasteiger partial charge on any atom is 0.340 e. The minimum Gasteiger partial charge on any atom is -0.465 e. The first kappa shape index (κ1) is 14.0. The molecule has 1 aromatic carbocycles. The Kier molecular flexibility index (Phi) is 3.97. The topological polar surface area (TPSA) is 84.5 Å². The molecule has 20 heavy (non-hydrogen) atoms. The predicted molar refractivity (Wildman–Crippen MR) is 67.5 cm³/mol. The van der Waals surface area contributed by atoms with Crippen LogP contribution in [-0.4, -0.2) is 31.4 Å². The number of methoxy groups -OCH3 is 1. The van der Waals surface area contributed by atoms with Gasteiger partial charge in [0.15, 0.2) is 0 Å². The van der Waals surface area contributed by atoms with Crippen LogP contribution in [0.1, 0.15) is 16.8 Å². The maximum absolute atomic E-state index is 13.4. The van der Waals surface area contributed by atoms with Gasteiger partial charge >= 0.3 is 5.97 Å². The van der Waals surface area contributed by atoms with E-state index in [0.717, 1.165) is 13.2 Å². The third kappa shape index (κ3) is 2.93. The van der Waals surface area contributed by atoms with Crippen molar-refractivity contribution in [2.75, 3.05) is 19.0 Å². The van der Waals surface area contributed by atoms with Crippen molar-refractivity contribution in [2.45, 2.75) is 6.42 Å². The summed E-state index contributed by atoms with van der Waals surface area (Å²) in [6.45, 7) is 0.274. The maximum atomic E-state index is 13.4. The molecule has 1 aromatic rings. The number of esters is 1. The number of carbonyl (C=O) groups is 3. The molecular weight excluding hydrogens is 267 g/mol. The zero-order chi connectivity index (χ0) is 14.7. The van der Waals surface area contributed by atoms with Gasteiger partial charge in [0.05, 0.1) is 18.6 Å². The molecular formula is C13H13FN2O4. The summed E-state index contributed by atoms with van der Waals surface area (Å²) in [5, 5.41) is 5.10. The number of nitrogens with one attached hydrogen (secondary N) is 2. The highest BCUT2D eigenvalue weighted by molar-refractivity contribution is 5.98. The normalized spacial score (nSPS) is 17.5. The summed E-state index contributed by atoms with van der Waals surface area (Å²) in [6, 6.07) is 3.60. The fourth-order valence-electron chi connectivity index (χ4n) is 1.90. The first-order valence-corrected chi connectivity index (χ1v) is 5.96. The first-order valence-electron chi connectivity index (χ1n) is 5.96. The van der Waals surface area contributed by atoms with Crippen molar-refractivity contribution in [3.63, 3.8) is 0 Å². The zero-order valence-electron chi connectivity index (χ0n) is 10.7. The highest BCUT2D eigenvalue weighted by atomic mass is 19.1. The molecule has 1 aliphatic rings. The van der Waals surface area contributed by atoms with Gasteiger partial charge in [-0.2, -0.15) is 0 Å². The van der Waals surface area contributed by atoms with E-state index in [0.29, 0.717) is 0 Å². The second-order valence-electron chi connectivity index (χ2n) is 4.38. The molecule has 1 unspecified atom stereocenters. The summed E-state index contributed by atoms with van der Waals surface area (Å²) < 4.78 is 17.9. The summed E-state index contributed by atoms with van der Waals surface area (Å²) in [4.78, 5) is 34.3. The van der Waals surface area contributed by atoms with Crippen molar-refractivity contribution in [1.82, 2.24) is 5.32 Å². The Balaban J connectivity index is 2.11. The van der Waals surface area contributed by atoms with Crippen LogP contribution in [0.25, 0.3) is 0 Å². The molecule has 2 rings (SSSR count). The van der Waals surface area contributed by atoms with Gasteiger partial charge in [0.2, 0.25) is 11.8 Å². The van der Waals surface area contributed by atoms with Crippen molar-refractivity contribution < 1.29 is 23.5 Å². The smallest absolute Gasteiger partial charge is 0.340 e. The minimum atomic E-state index is -0.823. The van der Waals surface area contributed by atoms with E-state index < -0.39 is 17.7 Å². The lowest BCUT2D eigenvalue weighted by Gasteiger charge is -2.10. The van der Waals surface area contributed by atoms with Crippen molar-refractivity contribution in [3.05, 3.63) is 29.6 Å². The van der Waals surface area contributed by atoms with Crippen LogP contribution in [0.3, 0.4) is 0 Å². The number of benzene rings is 1. The summed E-state index contributed by atoms with van der Waals surface area (Å²) in [7, 11) is 1.14. The molecule has 0 radical (unpaired) electrons. The van der Waals surface area contributed by atoms with Crippen LogP contribution >= 0.6 is 0 Å². The minimum absolute atomic E-state index is 0.122. The summed E-state index contributed by atoms with van der Waals surface area (Å²) in [5.74, 6) is -2.55. The average molecular weight is 280 g/mol. The van der Waals surface area contributed by atoms with Crippen molar-refractivity contribution in [1.29, 1.82) is 0 Å². The van der Waals surface area contributed by atoms with Gasteiger partial charge in [-0.05, 0) is 18.2 Å². The third-order valence-electron chi connectivity index (χ3n) is 2.99. The largest absolute Gasteiger partial charge is 0.465 e. The van der Waals surface area contributed by atoms with Gasteiger partial charge in [-0.1, -0.05) is 0 Å². The van der Waals surface area contributed by atoms with Crippen molar-refractivity contribution >= 4 is 23.5 Å². The molecule has 2 amide bonds.